The van der Waals surface area contributed by atoms with Crippen molar-refractivity contribution < 1.29 is 27.2 Å². The highest BCUT2D eigenvalue weighted by molar-refractivity contribution is 7.91. The Morgan fingerprint density at radius 1 is 1.34 bits per heavy atom. The highest BCUT2D eigenvalue weighted by Crippen LogP contribution is 2.33. The number of hydrogen-bond donors (Lipinski definition) is 1. The van der Waals surface area contributed by atoms with Crippen LogP contribution in [0.2, 0.25) is 0 Å². The van der Waals surface area contributed by atoms with E-state index >= 15 is 0 Å². The number of fused-ring (bicyclic) bond motifs is 1. The monoisotopic (exact) mass is 419 g/mol. The maximum absolute atomic E-state index is 13.0. The first-order chi connectivity index (χ1) is 13.6. The molecule has 154 valence electrons. The van der Waals surface area contributed by atoms with Crippen LogP contribution in [0.1, 0.15) is 19.1 Å². The number of urea groups is 1. The number of carbonyl (C=O) groups is 3. The number of imide groups is 1. The molecule has 2 aliphatic rings. The lowest BCUT2D eigenvalue weighted by Crippen LogP contribution is -2.46. The smallest absolute Gasteiger partial charge is 0.325 e. The SMILES string of the molecule is CN(C(=O)CN1C(=O)N[C@@](C)(c2cc3ccccc3o2)C1=O)[C@@H]1CCS(=O)(=O)C1. The molecule has 3 heterocycles. The lowest BCUT2D eigenvalue weighted by molar-refractivity contribution is -0.139. The number of hydrogen-bond acceptors (Lipinski definition) is 6. The summed E-state index contributed by atoms with van der Waals surface area (Å²) in [6.45, 7) is 1.07. The number of benzene rings is 1. The summed E-state index contributed by atoms with van der Waals surface area (Å²) in [5, 5.41) is 3.41. The number of para-hydroxylation sites is 1. The van der Waals surface area contributed by atoms with E-state index in [0.29, 0.717) is 12.0 Å². The van der Waals surface area contributed by atoms with Crippen molar-refractivity contribution >= 4 is 38.7 Å². The lowest BCUT2D eigenvalue weighted by atomic mass is 9.99. The van der Waals surface area contributed by atoms with Crippen molar-refractivity contribution in [2.24, 2.45) is 0 Å². The van der Waals surface area contributed by atoms with E-state index in [1.165, 1.54) is 18.9 Å². The summed E-state index contributed by atoms with van der Waals surface area (Å²) in [7, 11) is -1.67. The van der Waals surface area contributed by atoms with Gasteiger partial charge in [-0.15, -0.1) is 0 Å². The molecule has 0 aliphatic carbocycles. The summed E-state index contributed by atoms with van der Waals surface area (Å²) in [5.74, 6) is -0.886. The van der Waals surface area contributed by atoms with E-state index < -0.39 is 45.8 Å². The predicted molar refractivity (Wildman–Crippen MR) is 104 cm³/mol. The molecule has 29 heavy (non-hydrogen) atoms. The number of furan rings is 1. The number of carbonyl (C=O) groups excluding carboxylic acids is 3. The highest BCUT2D eigenvalue weighted by atomic mass is 32.2. The first-order valence-corrected chi connectivity index (χ1v) is 11.0. The molecular weight excluding hydrogens is 398 g/mol. The summed E-state index contributed by atoms with van der Waals surface area (Å²) in [5.41, 5.74) is -0.839. The Labute approximate surface area is 167 Å². The Morgan fingerprint density at radius 2 is 2.07 bits per heavy atom. The summed E-state index contributed by atoms with van der Waals surface area (Å²) in [6.07, 6.45) is 0.349. The molecule has 2 saturated heterocycles. The molecule has 10 heteroatoms. The fraction of sp³-hybridized carbons (Fsp3) is 0.421. The van der Waals surface area contributed by atoms with E-state index in [1.807, 2.05) is 12.1 Å². The highest BCUT2D eigenvalue weighted by Gasteiger charge is 2.52. The minimum absolute atomic E-state index is 0.0303. The van der Waals surface area contributed by atoms with Gasteiger partial charge in [0.05, 0.1) is 11.5 Å². The molecule has 2 atom stereocenters. The number of nitrogens with one attached hydrogen (secondary N) is 1. The van der Waals surface area contributed by atoms with Gasteiger partial charge in [0, 0.05) is 18.5 Å². The first-order valence-electron chi connectivity index (χ1n) is 9.20. The molecule has 0 radical (unpaired) electrons. The van der Waals surface area contributed by atoms with Crippen LogP contribution in [0.15, 0.2) is 34.7 Å². The Balaban J connectivity index is 1.52. The summed E-state index contributed by atoms with van der Waals surface area (Å²) in [6, 6.07) is 7.77. The Hall–Kier alpha value is -2.88. The number of rotatable bonds is 4. The second-order valence-corrected chi connectivity index (χ2v) is 9.89. The molecule has 9 nitrogen and oxygen atoms in total. The molecule has 1 aromatic carbocycles. The zero-order valence-corrected chi connectivity index (χ0v) is 16.9. The number of amides is 4. The van der Waals surface area contributed by atoms with Crippen molar-refractivity contribution in [1.29, 1.82) is 0 Å². The van der Waals surface area contributed by atoms with Gasteiger partial charge in [-0.25, -0.2) is 13.2 Å². The topological polar surface area (TPSA) is 117 Å². The maximum Gasteiger partial charge on any atom is 0.325 e. The van der Waals surface area contributed by atoms with Crippen LogP contribution in [0.3, 0.4) is 0 Å². The van der Waals surface area contributed by atoms with Crippen molar-refractivity contribution in [2.45, 2.75) is 24.9 Å². The molecule has 0 bridgehead atoms. The van der Waals surface area contributed by atoms with Crippen LogP contribution in [-0.4, -0.2) is 67.2 Å². The van der Waals surface area contributed by atoms with E-state index in [1.54, 1.807) is 18.2 Å². The normalized spacial score (nSPS) is 26.1. The van der Waals surface area contributed by atoms with Crippen molar-refractivity contribution in [1.82, 2.24) is 15.1 Å². The van der Waals surface area contributed by atoms with Crippen LogP contribution in [0.4, 0.5) is 4.79 Å². The Kier molecular flexibility index (Phi) is 4.41. The van der Waals surface area contributed by atoms with E-state index in [2.05, 4.69) is 5.32 Å². The summed E-state index contributed by atoms with van der Waals surface area (Å²) >= 11 is 0. The molecule has 2 fully saturated rings. The standard InChI is InChI=1S/C19H21N3O6S/c1-19(15-9-12-5-3-4-6-14(12)28-15)17(24)22(18(25)20-19)10-16(23)21(2)13-7-8-29(26,27)11-13/h3-6,9,13H,7-8,10-11H2,1-2H3,(H,20,25)/t13-,19+/m1/s1. The van der Waals surface area contributed by atoms with E-state index in [4.69, 9.17) is 4.42 Å². The van der Waals surface area contributed by atoms with Crippen LogP contribution in [0.25, 0.3) is 11.0 Å². The summed E-state index contributed by atoms with van der Waals surface area (Å²) in [4.78, 5) is 40.2. The first kappa shape index (κ1) is 19.4. The molecule has 2 aliphatic heterocycles. The molecule has 1 aromatic heterocycles. The fourth-order valence-corrected chi connectivity index (χ4v) is 5.54. The van der Waals surface area contributed by atoms with Gasteiger partial charge in [0.25, 0.3) is 5.91 Å². The molecule has 4 rings (SSSR count). The third-order valence-electron chi connectivity index (χ3n) is 5.64. The minimum atomic E-state index is -3.16. The van der Waals surface area contributed by atoms with Gasteiger partial charge in [-0.3, -0.25) is 14.5 Å². The second-order valence-electron chi connectivity index (χ2n) is 7.66. The summed E-state index contributed by atoms with van der Waals surface area (Å²) < 4.78 is 29.1. The van der Waals surface area contributed by atoms with Crippen molar-refractivity contribution in [3.8, 4) is 0 Å². The number of likely N-dealkylation sites (N-methyl/N-ethyl adjacent to an activating group) is 1. The molecule has 0 unspecified atom stereocenters. The third kappa shape index (κ3) is 3.27. The molecule has 4 amide bonds. The maximum atomic E-state index is 13.0. The zero-order valence-electron chi connectivity index (χ0n) is 16.0. The average Bonchev–Trinajstić information content (AvgIpc) is 3.32. The molecule has 0 saturated carbocycles. The third-order valence-corrected chi connectivity index (χ3v) is 7.39. The van der Waals surface area contributed by atoms with Crippen molar-refractivity contribution in [3.05, 3.63) is 36.1 Å². The van der Waals surface area contributed by atoms with Crippen LogP contribution in [-0.2, 0) is 25.0 Å². The van der Waals surface area contributed by atoms with Crippen LogP contribution in [0.5, 0.6) is 0 Å². The van der Waals surface area contributed by atoms with Gasteiger partial charge >= 0.3 is 6.03 Å². The quantitative estimate of drug-likeness (QED) is 0.734. The molecule has 0 spiro atoms. The van der Waals surface area contributed by atoms with Gasteiger partial charge < -0.3 is 14.6 Å². The molecule has 1 N–H and O–H groups in total. The average molecular weight is 419 g/mol. The molecular formula is C19H21N3O6S. The van der Waals surface area contributed by atoms with E-state index in [0.717, 1.165) is 10.3 Å². The minimum Gasteiger partial charge on any atom is -0.458 e. The van der Waals surface area contributed by atoms with E-state index in [-0.39, 0.29) is 17.3 Å². The van der Waals surface area contributed by atoms with Gasteiger partial charge in [-0.2, -0.15) is 0 Å². The van der Waals surface area contributed by atoms with Crippen LogP contribution in [0, 0.1) is 0 Å². The number of nitrogens with zero attached hydrogens (tertiary/aromatic N) is 2. The van der Waals surface area contributed by atoms with Crippen LogP contribution >= 0.6 is 0 Å². The van der Waals surface area contributed by atoms with Crippen molar-refractivity contribution in [2.75, 3.05) is 25.1 Å². The Bertz CT molecular complexity index is 1090. The Morgan fingerprint density at radius 3 is 2.72 bits per heavy atom. The van der Waals surface area contributed by atoms with E-state index in [9.17, 15) is 22.8 Å². The number of sulfone groups is 1. The van der Waals surface area contributed by atoms with Gasteiger partial charge in [-0.05, 0) is 25.5 Å². The lowest BCUT2D eigenvalue weighted by Gasteiger charge is -2.25. The second kappa shape index (κ2) is 6.58. The van der Waals surface area contributed by atoms with Gasteiger partial charge in [0.15, 0.2) is 15.4 Å². The predicted octanol–water partition coefficient (Wildman–Crippen LogP) is 0.845. The molecule has 2 aromatic rings. The fourth-order valence-electron chi connectivity index (χ4n) is 3.77. The zero-order chi connectivity index (χ0) is 21.0. The van der Waals surface area contributed by atoms with Gasteiger partial charge in [0.1, 0.15) is 17.9 Å². The van der Waals surface area contributed by atoms with Crippen molar-refractivity contribution in [3.63, 3.8) is 0 Å². The largest absolute Gasteiger partial charge is 0.458 e. The van der Waals surface area contributed by atoms with Gasteiger partial charge in [0.2, 0.25) is 5.91 Å². The van der Waals surface area contributed by atoms with Gasteiger partial charge in [-0.1, -0.05) is 18.2 Å². The van der Waals surface area contributed by atoms with Crippen LogP contribution < -0.4 is 5.32 Å².